The molecular weight excluding hydrogens is 667 g/mol. The second kappa shape index (κ2) is 14.1. The molecule has 2 aliphatic rings. The number of hydrogen-bond donors (Lipinski definition) is 1. The summed E-state index contributed by atoms with van der Waals surface area (Å²) in [5.74, 6) is -0.185. The average molecular weight is 715 g/mol. The van der Waals surface area contributed by atoms with Crippen LogP contribution in [0, 0.1) is 33.1 Å². The van der Waals surface area contributed by atoms with E-state index in [1.807, 2.05) is 13.8 Å². The van der Waals surface area contributed by atoms with Gasteiger partial charge in [-0.1, -0.05) is 66.2 Å². The number of carbonyl (C=O) groups is 1. The topological polar surface area (TPSA) is 84.9 Å². The standard InChI is InChI=1S/C43H47BN2O5S/c1-28-18-20-34(21-19-28)52(48,49)51-22-11-10-16-35-30(3)36-25-43(5,42(47)50-6)26-37(36)31(4)41(35)44-45-38-17-12-15-33-23-29(2)24-39(40(33)38)46(44)27-32-13-8-7-9-14-32/h7-9,12-15,17-21,23-24,45H,10-11,16,22,25-27H2,1-6H3. The van der Waals surface area contributed by atoms with Gasteiger partial charge in [0.1, 0.15) is 0 Å². The van der Waals surface area contributed by atoms with Crippen LogP contribution in [0.1, 0.15) is 64.3 Å². The Balaban J connectivity index is 1.29. The molecule has 52 heavy (non-hydrogen) atoms. The van der Waals surface area contributed by atoms with Gasteiger partial charge in [0.15, 0.2) is 0 Å². The lowest BCUT2D eigenvalue weighted by Crippen LogP contribution is -2.58. The first kappa shape index (κ1) is 35.8. The molecule has 0 bridgehead atoms. The molecule has 1 N–H and O–H groups in total. The minimum Gasteiger partial charge on any atom is -0.469 e. The van der Waals surface area contributed by atoms with Gasteiger partial charge in [0.05, 0.1) is 24.0 Å². The minimum absolute atomic E-state index is 0.103. The molecule has 0 spiro atoms. The van der Waals surface area contributed by atoms with Crippen LogP contribution in [0.2, 0.25) is 0 Å². The number of unbranched alkanes of at least 4 members (excludes halogenated alkanes) is 1. The van der Waals surface area contributed by atoms with Crippen LogP contribution in [0.5, 0.6) is 0 Å². The smallest absolute Gasteiger partial charge is 0.409 e. The van der Waals surface area contributed by atoms with Gasteiger partial charge in [0.25, 0.3) is 10.1 Å². The Bertz CT molecular complexity index is 2270. The zero-order valence-electron chi connectivity index (χ0n) is 31.0. The molecule has 1 unspecified atom stereocenters. The van der Waals surface area contributed by atoms with Gasteiger partial charge in [-0.3, -0.25) is 8.98 Å². The molecule has 0 saturated carbocycles. The van der Waals surface area contributed by atoms with E-state index in [0.717, 1.165) is 24.1 Å². The van der Waals surface area contributed by atoms with Crippen LogP contribution in [-0.2, 0) is 49.6 Å². The molecule has 0 radical (unpaired) electrons. The van der Waals surface area contributed by atoms with Crippen LogP contribution < -0.4 is 15.5 Å². The normalized spacial score (nSPS) is 16.6. The largest absolute Gasteiger partial charge is 0.469 e. The average Bonchev–Trinajstić information content (AvgIpc) is 3.50. The SMILES string of the molecule is COC(=O)C1(C)Cc2c(C)c(CCCCOS(=O)(=O)c3ccc(C)cc3)c(B3Nc4cccc5cc(C)cc(c45)N3Cc3ccccc3)c(C)c2C1. The van der Waals surface area contributed by atoms with Gasteiger partial charge < -0.3 is 14.8 Å². The maximum Gasteiger partial charge on any atom is 0.409 e. The van der Waals surface area contributed by atoms with Crippen LogP contribution >= 0.6 is 0 Å². The number of fused-ring (bicyclic) bond motifs is 1. The summed E-state index contributed by atoms with van der Waals surface area (Å²) in [7, 11) is -2.37. The van der Waals surface area contributed by atoms with Crippen molar-refractivity contribution in [1.82, 2.24) is 0 Å². The lowest BCUT2D eigenvalue weighted by Gasteiger charge is -2.40. The predicted molar refractivity (Wildman–Crippen MR) is 211 cm³/mol. The van der Waals surface area contributed by atoms with Crippen molar-refractivity contribution >= 4 is 50.7 Å². The molecule has 1 aliphatic carbocycles. The lowest BCUT2D eigenvalue weighted by atomic mass is 9.58. The summed E-state index contributed by atoms with van der Waals surface area (Å²) in [6.45, 7) is 11.1. The van der Waals surface area contributed by atoms with Gasteiger partial charge in [-0.15, -0.1) is 0 Å². The van der Waals surface area contributed by atoms with Gasteiger partial charge in [0, 0.05) is 23.3 Å². The Hall–Kier alpha value is -4.60. The van der Waals surface area contributed by atoms with E-state index in [9.17, 15) is 13.2 Å². The van der Waals surface area contributed by atoms with Gasteiger partial charge in [-0.25, -0.2) is 0 Å². The molecular formula is C43H47BN2O5S. The summed E-state index contributed by atoms with van der Waals surface area (Å²) in [4.78, 5) is 15.8. The van der Waals surface area contributed by atoms with Gasteiger partial charge in [0.2, 0.25) is 0 Å². The number of anilines is 2. The van der Waals surface area contributed by atoms with E-state index in [1.165, 1.54) is 68.0 Å². The maximum absolute atomic E-state index is 13.2. The zero-order chi connectivity index (χ0) is 36.8. The van der Waals surface area contributed by atoms with Crippen LogP contribution in [0.3, 0.4) is 0 Å². The van der Waals surface area contributed by atoms with Crippen molar-refractivity contribution in [2.75, 3.05) is 23.8 Å². The Morgan fingerprint density at radius 2 is 1.58 bits per heavy atom. The molecule has 7 rings (SSSR count). The number of ether oxygens (including phenoxy) is 1. The number of nitrogens with one attached hydrogen (secondary N) is 1. The summed E-state index contributed by atoms with van der Waals surface area (Å²) in [6, 6.07) is 28.4. The van der Waals surface area contributed by atoms with Crippen molar-refractivity contribution in [1.29, 1.82) is 0 Å². The van der Waals surface area contributed by atoms with E-state index >= 15 is 0 Å². The highest BCUT2D eigenvalue weighted by molar-refractivity contribution is 7.86. The molecule has 0 fully saturated rings. The molecule has 0 saturated heterocycles. The molecule has 1 atom stereocenters. The molecule has 1 aliphatic heterocycles. The fourth-order valence-electron chi connectivity index (χ4n) is 8.42. The van der Waals surface area contributed by atoms with E-state index < -0.39 is 15.5 Å². The highest BCUT2D eigenvalue weighted by Crippen LogP contribution is 2.44. The molecule has 1 heterocycles. The number of methoxy groups -OCH3 is 1. The van der Waals surface area contributed by atoms with Crippen molar-refractivity contribution in [3.05, 3.63) is 129 Å². The number of carbonyl (C=O) groups excluding carboxylic acids is 1. The molecule has 0 aromatic heterocycles. The first-order chi connectivity index (χ1) is 24.9. The molecule has 268 valence electrons. The van der Waals surface area contributed by atoms with E-state index in [-0.39, 0.29) is 24.5 Å². The van der Waals surface area contributed by atoms with Gasteiger partial charge in [-0.2, -0.15) is 8.42 Å². The minimum atomic E-state index is -3.84. The highest BCUT2D eigenvalue weighted by Gasteiger charge is 2.45. The quantitative estimate of drug-likeness (QED) is 0.0645. The summed E-state index contributed by atoms with van der Waals surface area (Å²) in [6.07, 6.45) is 3.30. The van der Waals surface area contributed by atoms with Crippen molar-refractivity contribution in [3.63, 3.8) is 0 Å². The zero-order valence-corrected chi connectivity index (χ0v) is 31.8. The van der Waals surface area contributed by atoms with Crippen LogP contribution in [0.15, 0.2) is 89.8 Å². The maximum atomic E-state index is 13.2. The summed E-state index contributed by atoms with van der Waals surface area (Å²) in [5, 5.41) is 6.41. The molecule has 5 aromatic carbocycles. The predicted octanol–water partition coefficient (Wildman–Crippen LogP) is 7.91. The fourth-order valence-corrected chi connectivity index (χ4v) is 9.37. The third kappa shape index (κ3) is 6.61. The van der Waals surface area contributed by atoms with Crippen molar-refractivity contribution in [2.24, 2.45) is 5.41 Å². The van der Waals surface area contributed by atoms with Crippen molar-refractivity contribution < 1.29 is 22.1 Å². The number of rotatable bonds is 11. The Kier molecular flexibility index (Phi) is 9.70. The number of hydrogen-bond acceptors (Lipinski definition) is 7. The monoisotopic (exact) mass is 714 g/mol. The lowest BCUT2D eigenvalue weighted by molar-refractivity contribution is -0.151. The summed E-state index contributed by atoms with van der Waals surface area (Å²) < 4.78 is 36.7. The second-order valence-corrected chi connectivity index (χ2v) is 16.5. The Labute approximate surface area is 308 Å². The highest BCUT2D eigenvalue weighted by atomic mass is 32.2. The Morgan fingerprint density at radius 3 is 2.29 bits per heavy atom. The molecule has 7 nitrogen and oxygen atoms in total. The molecule has 0 amide bonds. The number of benzene rings is 5. The second-order valence-electron chi connectivity index (χ2n) is 14.9. The Morgan fingerprint density at radius 1 is 0.865 bits per heavy atom. The first-order valence-corrected chi connectivity index (χ1v) is 19.6. The fraction of sp³-hybridized carbons (Fsp3) is 0.326. The number of aryl methyl sites for hydroxylation is 2. The van der Waals surface area contributed by atoms with E-state index in [0.29, 0.717) is 25.8 Å². The van der Waals surface area contributed by atoms with Crippen molar-refractivity contribution in [3.8, 4) is 0 Å². The van der Waals surface area contributed by atoms with Crippen LogP contribution in [0.4, 0.5) is 11.4 Å². The third-order valence-corrected chi connectivity index (χ3v) is 12.4. The van der Waals surface area contributed by atoms with E-state index in [2.05, 4.69) is 91.5 Å². The number of esters is 1. The van der Waals surface area contributed by atoms with E-state index in [4.69, 9.17) is 8.92 Å². The van der Waals surface area contributed by atoms with E-state index in [1.54, 1.807) is 24.3 Å². The number of nitrogens with zero attached hydrogens (tertiary/aromatic N) is 1. The third-order valence-electron chi connectivity index (χ3n) is 11.1. The van der Waals surface area contributed by atoms with Gasteiger partial charge in [-0.05, 0) is 141 Å². The summed E-state index contributed by atoms with van der Waals surface area (Å²) >= 11 is 0. The van der Waals surface area contributed by atoms with Gasteiger partial charge >= 0.3 is 13.0 Å². The van der Waals surface area contributed by atoms with Crippen molar-refractivity contribution in [2.45, 2.75) is 78.2 Å². The first-order valence-electron chi connectivity index (χ1n) is 18.2. The summed E-state index contributed by atoms with van der Waals surface area (Å²) in [5.41, 5.74) is 12.4. The van der Waals surface area contributed by atoms with Crippen LogP contribution in [0.25, 0.3) is 10.8 Å². The molecule has 9 heteroatoms. The van der Waals surface area contributed by atoms with Crippen LogP contribution in [-0.4, -0.2) is 35.1 Å². The molecule has 5 aromatic rings.